The first kappa shape index (κ1) is 12.2. The normalized spacial score (nSPS) is 47.9. The summed E-state index contributed by atoms with van der Waals surface area (Å²) >= 11 is 0. The number of likely N-dealkylation sites (tertiary alicyclic amines) is 1. The van der Waals surface area contributed by atoms with Gasteiger partial charge in [0.2, 0.25) is 5.91 Å². The quantitative estimate of drug-likeness (QED) is 0.743. The fourth-order valence-corrected chi connectivity index (χ4v) is 6.20. The molecule has 4 aliphatic carbocycles. The van der Waals surface area contributed by atoms with Gasteiger partial charge in [0.05, 0.1) is 5.41 Å². The Kier molecular flexibility index (Phi) is 2.72. The van der Waals surface area contributed by atoms with Gasteiger partial charge in [-0.2, -0.15) is 0 Å². The van der Waals surface area contributed by atoms with Crippen molar-refractivity contribution in [2.24, 2.45) is 23.2 Å². The highest BCUT2D eigenvalue weighted by Gasteiger charge is 2.56. The van der Waals surface area contributed by atoms with Gasteiger partial charge in [-0.25, -0.2) is 0 Å². The van der Waals surface area contributed by atoms with E-state index in [0.717, 1.165) is 30.7 Å². The van der Waals surface area contributed by atoms with Crippen molar-refractivity contribution in [2.45, 2.75) is 70.8 Å². The van der Waals surface area contributed by atoms with Crippen LogP contribution < -0.4 is 0 Å². The van der Waals surface area contributed by atoms with Gasteiger partial charge >= 0.3 is 0 Å². The predicted octanol–water partition coefficient (Wildman–Crippen LogP) is 3.60. The Morgan fingerprint density at radius 1 is 1.11 bits per heavy atom. The lowest BCUT2D eigenvalue weighted by Crippen LogP contribution is -2.55. The highest BCUT2D eigenvalue weighted by atomic mass is 16.2. The zero-order chi connectivity index (χ0) is 13.0. The molecule has 19 heavy (non-hydrogen) atoms. The van der Waals surface area contributed by atoms with E-state index >= 15 is 0 Å². The Labute approximate surface area is 116 Å². The van der Waals surface area contributed by atoms with Crippen LogP contribution in [-0.2, 0) is 4.79 Å². The molecule has 5 aliphatic rings. The van der Waals surface area contributed by atoms with Crippen LogP contribution in [0, 0.1) is 23.2 Å². The molecule has 2 heteroatoms. The second-order valence-electron chi connectivity index (χ2n) is 7.90. The van der Waals surface area contributed by atoms with E-state index < -0.39 is 0 Å². The molecule has 0 aromatic rings. The lowest BCUT2D eigenvalue weighted by molar-refractivity contribution is -0.158. The lowest BCUT2D eigenvalue weighted by Gasteiger charge is -2.56. The molecule has 1 heterocycles. The van der Waals surface area contributed by atoms with E-state index in [1.54, 1.807) is 0 Å². The molecule has 1 amide bonds. The third kappa shape index (κ3) is 1.78. The fourth-order valence-electron chi connectivity index (χ4n) is 6.20. The summed E-state index contributed by atoms with van der Waals surface area (Å²) in [5.74, 6) is 3.23. The Morgan fingerprint density at radius 2 is 1.68 bits per heavy atom. The van der Waals surface area contributed by atoms with Gasteiger partial charge in [0, 0.05) is 12.6 Å². The number of hydrogen-bond donors (Lipinski definition) is 0. The molecular weight excluding hydrogens is 234 g/mol. The first-order valence-electron chi connectivity index (χ1n) is 8.51. The maximum absolute atomic E-state index is 13.2. The van der Waals surface area contributed by atoms with Crippen LogP contribution >= 0.6 is 0 Å². The molecule has 0 aromatic carbocycles. The van der Waals surface area contributed by atoms with Crippen LogP contribution in [0.25, 0.3) is 0 Å². The molecule has 5 fully saturated rings. The number of carbonyl (C=O) groups is 1. The van der Waals surface area contributed by atoms with Crippen LogP contribution in [0.4, 0.5) is 0 Å². The molecule has 0 spiro atoms. The van der Waals surface area contributed by atoms with Crippen molar-refractivity contribution in [3.05, 3.63) is 0 Å². The van der Waals surface area contributed by atoms with E-state index in [0.29, 0.717) is 11.9 Å². The summed E-state index contributed by atoms with van der Waals surface area (Å²) in [7, 11) is 0. The van der Waals surface area contributed by atoms with Crippen molar-refractivity contribution in [2.75, 3.05) is 6.54 Å². The zero-order valence-corrected chi connectivity index (χ0v) is 12.2. The summed E-state index contributed by atoms with van der Waals surface area (Å²) in [6, 6.07) is 0.556. The van der Waals surface area contributed by atoms with Gasteiger partial charge in [-0.15, -0.1) is 0 Å². The second-order valence-corrected chi connectivity index (χ2v) is 7.90. The topological polar surface area (TPSA) is 20.3 Å². The molecule has 5 rings (SSSR count). The van der Waals surface area contributed by atoms with Crippen molar-refractivity contribution < 1.29 is 4.79 Å². The predicted molar refractivity (Wildman–Crippen MR) is 75.6 cm³/mol. The molecule has 0 radical (unpaired) electrons. The number of amides is 1. The number of nitrogens with zero attached hydrogens (tertiary/aromatic N) is 1. The molecule has 2 nitrogen and oxygen atoms in total. The number of hydrogen-bond acceptors (Lipinski definition) is 1. The van der Waals surface area contributed by atoms with E-state index in [-0.39, 0.29) is 5.41 Å². The van der Waals surface area contributed by atoms with Crippen LogP contribution in [0.1, 0.15) is 64.7 Å². The molecule has 0 N–H and O–H groups in total. The Balaban J connectivity index is 1.59. The third-order valence-corrected chi connectivity index (χ3v) is 6.60. The lowest BCUT2D eigenvalue weighted by atomic mass is 9.49. The van der Waals surface area contributed by atoms with Gasteiger partial charge in [0.15, 0.2) is 0 Å². The van der Waals surface area contributed by atoms with E-state index in [2.05, 4.69) is 11.8 Å². The van der Waals surface area contributed by atoms with E-state index in [1.165, 1.54) is 51.4 Å². The molecule has 4 bridgehead atoms. The first-order valence-corrected chi connectivity index (χ1v) is 8.51. The summed E-state index contributed by atoms with van der Waals surface area (Å²) in [6.07, 6.45) is 11.6. The second kappa shape index (κ2) is 4.23. The maximum Gasteiger partial charge on any atom is 0.229 e. The molecular formula is C17H27NO. The van der Waals surface area contributed by atoms with E-state index in [4.69, 9.17) is 0 Å². The van der Waals surface area contributed by atoms with Crippen LogP contribution in [-0.4, -0.2) is 23.4 Å². The summed E-state index contributed by atoms with van der Waals surface area (Å²) in [5, 5.41) is 0. The standard InChI is InChI=1S/C17H27NO/c1-2-15-4-3-5-18(15)16(19)17-9-12-6-13(10-17)8-14(7-12)11-17/h12-15H,2-11H2,1H3. The van der Waals surface area contributed by atoms with Crippen molar-refractivity contribution in [3.8, 4) is 0 Å². The smallest absolute Gasteiger partial charge is 0.229 e. The molecule has 106 valence electrons. The first-order chi connectivity index (χ1) is 9.20. The van der Waals surface area contributed by atoms with Gasteiger partial charge in [-0.3, -0.25) is 4.79 Å². The molecule has 4 saturated carbocycles. The van der Waals surface area contributed by atoms with Crippen LogP contribution in [0.15, 0.2) is 0 Å². The summed E-state index contributed by atoms with van der Waals surface area (Å²) in [4.78, 5) is 15.5. The average Bonchev–Trinajstić information content (AvgIpc) is 2.84. The summed E-state index contributed by atoms with van der Waals surface area (Å²) in [5.41, 5.74) is 0.0898. The molecule has 1 atom stereocenters. The number of rotatable bonds is 2. The van der Waals surface area contributed by atoms with Gasteiger partial charge < -0.3 is 4.90 Å². The molecule has 1 aliphatic heterocycles. The van der Waals surface area contributed by atoms with Gasteiger partial charge in [-0.1, -0.05) is 6.92 Å². The SMILES string of the molecule is CCC1CCCN1C(=O)C12CC3CC(CC(C3)C1)C2. The monoisotopic (exact) mass is 261 g/mol. The van der Waals surface area contributed by atoms with Gasteiger partial charge in [0.1, 0.15) is 0 Å². The van der Waals surface area contributed by atoms with E-state index in [1.807, 2.05) is 0 Å². The van der Waals surface area contributed by atoms with Crippen molar-refractivity contribution in [1.82, 2.24) is 4.90 Å². The largest absolute Gasteiger partial charge is 0.339 e. The van der Waals surface area contributed by atoms with Crippen LogP contribution in [0.2, 0.25) is 0 Å². The maximum atomic E-state index is 13.2. The molecule has 0 aromatic heterocycles. The Hall–Kier alpha value is -0.530. The average molecular weight is 261 g/mol. The van der Waals surface area contributed by atoms with Crippen LogP contribution in [0.3, 0.4) is 0 Å². The van der Waals surface area contributed by atoms with Crippen molar-refractivity contribution >= 4 is 5.91 Å². The summed E-state index contributed by atoms with van der Waals surface area (Å²) < 4.78 is 0. The molecule has 1 unspecified atom stereocenters. The van der Waals surface area contributed by atoms with Crippen LogP contribution in [0.5, 0.6) is 0 Å². The molecule has 1 saturated heterocycles. The summed E-state index contributed by atoms with van der Waals surface area (Å²) in [6.45, 7) is 3.29. The van der Waals surface area contributed by atoms with Crippen molar-refractivity contribution in [3.63, 3.8) is 0 Å². The third-order valence-electron chi connectivity index (χ3n) is 6.60. The number of carbonyl (C=O) groups excluding carboxylic acids is 1. The minimum absolute atomic E-state index is 0.0898. The van der Waals surface area contributed by atoms with Gasteiger partial charge in [-0.05, 0) is 75.5 Å². The highest BCUT2D eigenvalue weighted by molar-refractivity contribution is 5.84. The fraction of sp³-hybridized carbons (Fsp3) is 0.941. The van der Waals surface area contributed by atoms with Crippen molar-refractivity contribution in [1.29, 1.82) is 0 Å². The zero-order valence-electron chi connectivity index (χ0n) is 12.2. The van der Waals surface area contributed by atoms with E-state index in [9.17, 15) is 4.79 Å². The minimum atomic E-state index is 0.0898. The Morgan fingerprint density at radius 3 is 2.21 bits per heavy atom. The minimum Gasteiger partial charge on any atom is -0.339 e. The van der Waals surface area contributed by atoms with Gasteiger partial charge in [0.25, 0.3) is 0 Å². The highest BCUT2D eigenvalue weighted by Crippen LogP contribution is 2.60. The Bertz CT molecular complexity index is 353.